The average Bonchev–Trinajstić information content (AvgIpc) is 1.55. The Hall–Kier alpha value is -12.8. The predicted molar refractivity (Wildman–Crippen MR) is 476 cm³/mol. The van der Waals surface area contributed by atoms with Gasteiger partial charge in [0.15, 0.2) is 0 Å². The molecule has 0 atom stereocenters. The average molecular weight is 1600 g/mol. The highest BCUT2D eigenvalue weighted by Crippen LogP contribution is 2.43. The molecule has 4 aromatic heterocycles. The second-order valence-electron chi connectivity index (χ2n) is 27.8. The molecule has 0 amide bonds. The Labute approximate surface area is 663 Å². The molecule has 0 N–H and O–H groups in total. The van der Waals surface area contributed by atoms with E-state index < -0.39 is 0 Å². The molecule has 110 heavy (non-hydrogen) atoms. The van der Waals surface area contributed by atoms with Crippen LogP contribution in [0.3, 0.4) is 0 Å². The molecule has 4 nitrogen and oxygen atoms in total. The van der Waals surface area contributed by atoms with Crippen molar-refractivity contribution in [2.45, 2.75) is 0 Å². The van der Waals surface area contributed by atoms with Crippen LogP contribution in [-0.2, 0) is 0 Å². The Balaban J connectivity index is 0.000000112. The van der Waals surface area contributed by atoms with Gasteiger partial charge in [0.2, 0.25) is 0 Å². The molecule has 0 saturated carbocycles. The second kappa shape index (κ2) is 29.4. The van der Waals surface area contributed by atoms with Gasteiger partial charge in [0.25, 0.3) is 0 Å². The van der Waals surface area contributed by atoms with Gasteiger partial charge in [0.05, 0.1) is 38.8 Å². The van der Waals surface area contributed by atoms with E-state index in [2.05, 4.69) is 455 Å². The van der Waals surface area contributed by atoms with E-state index in [1.165, 1.54) is 177 Å². The lowest BCUT2D eigenvalue weighted by Gasteiger charge is -2.12. The summed E-state index contributed by atoms with van der Waals surface area (Å²) in [6, 6.07) is 141. The third-order valence-corrected chi connectivity index (χ3v) is 23.3. The Bertz CT molecular complexity index is 7080. The first-order valence-corrected chi connectivity index (χ1v) is 39.3. The summed E-state index contributed by atoms with van der Waals surface area (Å²) < 4.78 is 10.5. The van der Waals surface area contributed by atoms with Crippen molar-refractivity contribution in [1.82, 2.24) is 18.7 Å². The molecule has 0 aliphatic heterocycles. The van der Waals surface area contributed by atoms with E-state index in [0.717, 1.165) is 18.8 Å². The SMILES string of the molecule is Brc1ccccc1-c1cccc(-c2ccc3c(c2)c2cc(-c4ccccc4)ccc2n3-c2ccccc2)c1.Brc1ccccc1-c1cccc(-c2ccc3c(c2)c2ccccc2n3-c2ccc3ccccc3c2)c1.Brc1ccccc1-c1cccc(-c2ccc3c(c2)c2ccccc2n3-c2cccc3cnccc23)c1. The van der Waals surface area contributed by atoms with E-state index in [4.69, 9.17) is 0 Å². The molecule has 21 rings (SSSR count). The molecule has 7 heteroatoms. The second-order valence-corrected chi connectivity index (χ2v) is 30.3. The van der Waals surface area contributed by atoms with Crippen LogP contribution >= 0.6 is 47.8 Å². The van der Waals surface area contributed by atoms with Crippen LogP contribution in [0, 0.1) is 0 Å². The molecule has 17 aromatic carbocycles. The van der Waals surface area contributed by atoms with Crippen LogP contribution in [0.1, 0.15) is 0 Å². The van der Waals surface area contributed by atoms with E-state index in [-0.39, 0.29) is 0 Å². The number of hydrogen-bond donors (Lipinski definition) is 0. The summed E-state index contributed by atoms with van der Waals surface area (Å²) in [6.07, 6.45) is 3.80. The minimum absolute atomic E-state index is 1.10. The molecule has 0 fully saturated rings. The third-order valence-electron chi connectivity index (χ3n) is 21.3. The van der Waals surface area contributed by atoms with Gasteiger partial charge in [0.1, 0.15) is 0 Å². The summed E-state index contributed by atoms with van der Waals surface area (Å²) in [4.78, 5) is 4.33. The predicted octanol–water partition coefficient (Wildman–Crippen LogP) is 30.0. The number of fused-ring (bicyclic) bond motifs is 11. The maximum Gasteiger partial charge on any atom is 0.0541 e. The van der Waals surface area contributed by atoms with Gasteiger partial charge < -0.3 is 13.7 Å². The summed E-state index contributed by atoms with van der Waals surface area (Å²) >= 11 is 11.1. The fourth-order valence-corrected chi connectivity index (χ4v) is 17.6. The van der Waals surface area contributed by atoms with E-state index in [1.54, 1.807) is 0 Å². The first kappa shape index (κ1) is 67.8. The normalized spacial score (nSPS) is 11.4. The molecule has 0 bridgehead atoms. The first-order valence-electron chi connectivity index (χ1n) is 36.9. The molecule has 0 saturated heterocycles. The topological polar surface area (TPSA) is 27.7 Å². The fraction of sp³-hybridized carbons (Fsp3) is 0. The fourth-order valence-electron chi connectivity index (χ4n) is 16.0. The summed E-state index contributed by atoms with van der Waals surface area (Å²) in [5.41, 5.74) is 27.7. The number of halogens is 3. The van der Waals surface area contributed by atoms with Crippen LogP contribution in [0.4, 0.5) is 0 Å². The summed E-state index contributed by atoms with van der Waals surface area (Å²) in [5.74, 6) is 0. The molecule has 4 heterocycles. The monoisotopic (exact) mass is 1600 g/mol. The van der Waals surface area contributed by atoms with Crippen molar-refractivity contribution in [1.29, 1.82) is 0 Å². The number of para-hydroxylation sites is 3. The molecule has 0 radical (unpaired) electrons. The zero-order chi connectivity index (χ0) is 73.6. The first-order chi connectivity index (χ1) is 54.3. The summed E-state index contributed by atoms with van der Waals surface area (Å²) in [5, 5.41) is 12.4. The molecular formula is C103H67Br3N4. The number of aromatic nitrogens is 4. The van der Waals surface area contributed by atoms with Crippen molar-refractivity contribution >= 4 is 135 Å². The number of hydrogen-bond acceptors (Lipinski definition) is 1. The lowest BCUT2D eigenvalue weighted by atomic mass is 9.97. The van der Waals surface area contributed by atoms with Crippen LogP contribution in [0.2, 0.25) is 0 Å². The smallest absolute Gasteiger partial charge is 0.0541 e. The molecular weight excluding hydrogens is 1530 g/mol. The molecule has 0 spiro atoms. The number of pyridine rings is 1. The quantitative estimate of drug-likeness (QED) is 0.134. The van der Waals surface area contributed by atoms with Crippen LogP contribution in [0.15, 0.2) is 420 Å². The van der Waals surface area contributed by atoms with Gasteiger partial charge in [-0.15, -0.1) is 0 Å². The minimum atomic E-state index is 1.10. The maximum atomic E-state index is 4.33. The highest BCUT2D eigenvalue weighted by atomic mass is 79.9. The van der Waals surface area contributed by atoms with Gasteiger partial charge in [-0.1, -0.05) is 309 Å². The number of nitrogens with zero attached hydrogens (tertiary/aromatic N) is 4. The standard InChI is InChI=1S/C36H24BrN.C34H22BrN.C33H21BrN2/c37-34-17-8-7-16-31(34)29-13-9-12-26(22-29)28-19-21-36-33(24-28)32-23-27(25-10-3-1-4-11-25)18-20-35(32)38(36)30-14-5-2-6-15-30;35-32-14-5-3-12-29(32)27-11-7-10-24(20-27)26-17-19-34-31(22-26)30-13-4-6-15-33(30)36(34)28-18-16-23-8-1-2-9-25(23)21-28;34-30-12-3-1-10-26(30)24-8-5-7-22(19-24)23-15-16-33-29(20-23)28-11-2-4-13-32(28)36(33)31-14-6-9-25-21-35-18-17-27(25)31/h1-24H;1-22H;1-21H. The van der Waals surface area contributed by atoms with Crippen molar-refractivity contribution in [3.05, 3.63) is 420 Å². The van der Waals surface area contributed by atoms with E-state index in [0.29, 0.717) is 0 Å². The van der Waals surface area contributed by atoms with Crippen molar-refractivity contribution in [3.63, 3.8) is 0 Å². The van der Waals surface area contributed by atoms with E-state index >= 15 is 0 Å². The largest absolute Gasteiger partial charge is 0.309 e. The Morgan fingerprint density at radius 3 is 1.05 bits per heavy atom. The molecule has 520 valence electrons. The van der Waals surface area contributed by atoms with Crippen molar-refractivity contribution in [2.75, 3.05) is 0 Å². The summed E-state index contributed by atoms with van der Waals surface area (Å²) in [6.45, 7) is 0. The van der Waals surface area contributed by atoms with E-state index in [1.807, 2.05) is 18.5 Å². The highest BCUT2D eigenvalue weighted by molar-refractivity contribution is 9.11. The Kier molecular flexibility index (Phi) is 18.1. The highest BCUT2D eigenvalue weighted by Gasteiger charge is 2.20. The van der Waals surface area contributed by atoms with Crippen molar-refractivity contribution < 1.29 is 0 Å². The zero-order valence-electron chi connectivity index (χ0n) is 59.6. The number of rotatable bonds is 10. The zero-order valence-corrected chi connectivity index (χ0v) is 64.4. The van der Waals surface area contributed by atoms with Gasteiger partial charge in [-0.05, 0) is 222 Å². The maximum absolute atomic E-state index is 4.33. The summed E-state index contributed by atoms with van der Waals surface area (Å²) in [7, 11) is 0. The van der Waals surface area contributed by atoms with Crippen LogP contribution in [0.25, 0.3) is 182 Å². The Morgan fingerprint density at radius 2 is 0.545 bits per heavy atom. The van der Waals surface area contributed by atoms with Gasteiger partial charge >= 0.3 is 0 Å². The van der Waals surface area contributed by atoms with Gasteiger partial charge in [-0.25, -0.2) is 0 Å². The van der Waals surface area contributed by atoms with Gasteiger partial charge in [-0.3, -0.25) is 4.98 Å². The van der Waals surface area contributed by atoms with Gasteiger partial charge in [-0.2, -0.15) is 0 Å². The van der Waals surface area contributed by atoms with Crippen molar-refractivity contribution in [2.24, 2.45) is 0 Å². The minimum Gasteiger partial charge on any atom is -0.309 e. The third kappa shape index (κ3) is 12.8. The van der Waals surface area contributed by atoms with Gasteiger partial charge in [0, 0.05) is 80.3 Å². The van der Waals surface area contributed by atoms with Crippen LogP contribution in [-0.4, -0.2) is 18.7 Å². The van der Waals surface area contributed by atoms with Crippen molar-refractivity contribution in [3.8, 4) is 95.0 Å². The van der Waals surface area contributed by atoms with Crippen LogP contribution in [0.5, 0.6) is 0 Å². The lowest BCUT2D eigenvalue weighted by molar-refractivity contribution is 1.18. The lowest BCUT2D eigenvalue weighted by Crippen LogP contribution is -1.95. The number of benzene rings is 17. The molecule has 0 aliphatic carbocycles. The van der Waals surface area contributed by atoms with Crippen LogP contribution < -0.4 is 0 Å². The van der Waals surface area contributed by atoms with E-state index in [9.17, 15) is 0 Å². The molecule has 21 aromatic rings. The molecule has 0 unspecified atom stereocenters. The molecule has 0 aliphatic rings. The Morgan fingerprint density at radius 1 is 0.191 bits per heavy atom.